The number of nitrogens with zero attached hydrogens (tertiary/aromatic N) is 1. The highest BCUT2D eigenvalue weighted by molar-refractivity contribution is 5.94. The summed E-state index contributed by atoms with van der Waals surface area (Å²) in [6.45, 7) is -1.11. The maximum Gasteiger partial charge on any atom is 0.412 e. The Labute approximate surface area is 196 Å². The van der Waals surface area contributed by atoms with Crippen molar-refractivity contribution in [3.05, 3.63) is 71.4 Å². The molecule has 35 heavy (non-hydrogen) atoms. The van der Waals surface area contributed by atoms with Crippen LogP contribution in [-0.4, -0.2) is 52.6 Å². The van der Waals surface area contributed by atoms with E-state index in [-0.39, 0.29) is 24.0 Å². The van der Waals surface area contributed by atoms with Gasteiger partial charge in [-0.3, -0.25) is 20.0 Å². The Morgan fingerprint density at radius 3 is 2.23 bits per heavy atom. The van der Waals surface area contributed by atoms with Crippen molar-refractivity contribution in [3.63, 3.8) is 0 Å². The topological polar surface area (TPSA) is 133 Å². The third kappa shape index (κ3) is 5.10. The van der Waals surface area contributed by atoms with Crippen molar-refractivity contribution in [2.45, 2.75) is 12.1 Å². The lowest BCUT2D eigenvalue weighted by Crippen LogP contribution is -2.41. The van der Waals surface area contributed by atoms with Gasteiger partial charge < -0.3 is 15.2 Å². The average Bonchev–Trinajstić information content (AvgIpc) is 3.39. The molecule has 182 valence electrons. The second kappa shape index (κ2) is 9.49. The predicted octanol–water partition coefficient (Wildman–Crippen LogP) is 3.76. The van der Waals surface area contributed by atoms with Gasteiger partial charge in [0.1, 0.15) is 12.3 Å². The molecule has 2 aromatic carbocycles. The molecule has 0 spiro atoms. The molecular weight excluding hydrogens is 469 g/mol. The van der Waals surface area contributed by atoms with Crippen molar-refractivity contribution in [2.75, 3.05) is 18.5 Å². The molecule has 0 fully saturated rings. The van der Waals surface area contributed by atoms with Gasteiger partial charge in [0.2, 0.25) is 0 Å². The molecule has 0 aliphatic heterocycles. The summed E-state index contributed by atoms with van der Waals surface area (Å²) < 4.78 is 43.5. The number of hydrogen-bond acceptors (Lipinski definition) is 5. The number of aliphatic carboxylic acids is 1. The Morgan fingerprint density at radius 1 is 1.06 bits per heavy atom. The number of aromatic nitrogens is 2. The van der Waals surface area contributed by atoms with Gasteiger partial charge in [-0.05, 0) is 22.3 Å². The van der Waals surface area contributed by atoms with Crippen LogP contribution in [0.25, 0.3) is 11.1 Å². The minimum absolute atomic E-state index is 0.0473. The van der Waals surface area contributed by atoms with Gasteiger partial charge in [-0.25, -0.2) is 4.79 Å². The molecule has 3 aromatic rings. The molecule has 1 aliphatic rings. The van der Waals surface area contributed by atoms with Gasteiger partial charge in [-0.1, -0.05) is 48.5 Å². The molecule has 2 amide bonds. The number of alkyl halides is 3. The molecule has 0 bridgehead atoms. The van der Waals surface area contributed by atoms with Crippen LogP contribution in [0, 0.1) is 5.92 Å². The molecule has 1 aromatic heterocycles. The molecule has 4 N–H and O–H groups in total. The molecule has 1 heterocycles. The van der Waals surface area contributed by atoms with Crippen LogP contribution in [-0.2, 0) is 9.53 Å². The highest BCUT2D eigenvalue weighted by atomic mass is 19.4. The summed E-state index contributed by atoms with van der Waals surface area (Å²) >= 11 is 0. The number of nitrogens with one attached hydrogen (secondary N) is 3. The number of halogens is 3. The number of anilines is 1. The first kappa shape index (κ1) is 23.8. The van der Waals surface area contributed by atoms with Gasteiger partial charge in [-0.2, -0.15) is 18.3 Å². The number of carbonyl (C=O) groups is 3. The van der Waals surface area contributed by atoms with Crippen LogP contribution in [0.5, 0.6) is 0 Å². The van der Waals surface area contributed by atoms with Crippen LogP contribution >= 0.6 is 0 Å². The molecule has 0 radical (unpaired) electrons. The Balaban J connectivity index is 1.34. The molecule has 0 saturated heterocycles. The summed E-state index contributed by atoms with van der Waals surface area (Å²) in [5.74, 6) is -6.15. The lowest BCUT2D eigenvalue weighted by atomic mass is 9.98. The van der Waals surface area contributed by atoms with Gasteiger partial charge in [0.25, 0.3) is 5.91 Å². The van der Waals surface area contributed by atoms with Crippen molar-refractivity contribution in [3.8, 4) is 11.1 Å². The van der Waals surface area contributed by atoms with Crippen LogP contribution in [0.4, 0.5) is 23.8 Å². The number of ether oxygens (including phenoxy) is 1. The molecule has 1 atom stereocenters. The highest BCUT2D eigenvalue weighted by Crippen LogP contribution is 2.44. The summed E-state index contributed by atoms with van der Waals surface area (Å²) in [5, 5.41) is 18.9. The number of hydrogen-bond donors (Lipinski definition) is 4. The Bertz CT molecular complexity index is 1230. The fourth-order valence-electron chi connectivity index (χ4n) is 3.87. The second-order valence-corrected chi connectivity index (χ2v) is 7.76. The first-order valence-corrected chi connectivity index (χ1v) is 10.4. The first-order valence-electron chi connectivity index (χ1n) is 10.4. The quantitative estimate of drug-likeness (QED) is 0.400. The SMILES string of the molecule is O=C(Nc1cc(C(=O)NCC(C(=O)O)C(F)(F)F)[nH]n1)OCC1c2ccccc2-c2ccccc21. The van der Waals surface area contributed by atoms with Crippen molar-refractivity contribution >= 4 is 23.8 Å². The zero-order valence-electron chi connectivity index (χ0n) is 17.9. The van der Waals surface area contributed by atoms with E-state index >= 15 is 0 Å². The van der Waals surface area contributed by atoms with E-state index in [4.69, 9.17) is 9.84 Å². The van der Waals surface area contributed by atoms with Gasteiger partial charge in [0.15, 0.2) is 11.7 Å². The Morgan fingerprint density at radius 2 is 1.66 bits per heavy atom. The number of amides is 2. The van der Waals surface area contributed by atoms with E-state index in [1.807, 2.05) is 53.8 Å². The average molecular weight is 488 g/mol. The summed E-state index contributed by atoms with van der Waals surface area (Å²) in [4.78, 5) is 35.1. The summed E-state index contributed by atoms with van der Waals surface area (Å²) in [6.07, 6.45) is -5.86. The van der Waals surface area contributed by atoms with Crippen molar-refractivity contribution < 1.29 is 37.4 Å². The van der Waals surface area contributed by atoms with Gasteiger partial charge >= 0.3 is 18.2 Å². The smallest absolute Gasteiger partial charge is 0.412 e. The van der Waals surface area contributed by atoms with E-state index in [9.17, 15) is 27.6 Å². The predicted molar refractivity (Wildman–Crippen MR) is 117 cm³/mol. The number of benzene rings is 2. The minimum Gasteiger partial charge on any atom is -0.481 e. The van der Waals surface area contributed by atoms with E-state index in [1.54, 1.807) is 0 Å². The first-order chi connectivity index (χ1) is 16.6. The van der Waals surface area contributed by atoms with Crippen LogP contribution in [0.1, 0.15) is 27.5 Å². The Hall–Kier alpha value is -4.35. The van der Waals surface area contributed by atoms with Gasteiger partial charge in [0.05, 0.1) is 0 Å². The lowest BCUT2D eigenvalue weighted by Gasteiger charge is -2.16. The number of H-pyrrole nitrogens is 1. The van der Waals surface area contributed by atoms with E-state index in [2.05, 4.69) is 15.5 Å². The van der Waals surface area contributed by atoms with Crippen LogP contribution in [0.2, 0.25) is 0 Å². The molecule has 9 nitrogen and oxygen atoms in total. The maximum atomic E-state index is 12.7. The number of aromatic amines is 1. The van der Waals surface area contributed by atoms with Gasteiger partial charge in [0, 0.05) is 18.5 Å². The number of fused-ring (bicyclic) bond motifs is 3. The lowest BCUT2D eigenvalue weighted by molar-refractivity contribution is -0.192. The molecule has 1 aliphatic carbocycles. The second-order valence-electron chi connectivity index (χ2n) is 7.76. The molecule has 12 heteroatoms. The largest absolute Gasteiger partial charge is 0.481 e. The number of carboxylic acid groups (broad SMARTS) is 1. The van der Waals surface area contributed by atoms with Crippen molar-refractivity contribution in [2.24, 2.45) is 5.92 Å². The van der Waals surface area contributed by atoms with E-state index in [0.717, 1.165) is 28.3 Å². The Kier molecular flexibility index (Phi) is 6.45. The maximum absolute atomic E-state index is 12.7. The van der Waals surface area contributed by atoms with Crippen LogP contribution in [0.3, 0.4) is 0 Å². The number of carboxylic acids is 1. The normalized spacial score (nSPS) is 13.5. The van der Waals surface area contributed by atoms with E-state index < -0.39 is 36.6 Å². The van der Waals surface area contributed by atoms with E-state index in [1.165, 1.54) is 0 Å². The minimum atomic E-state index is -5.02. The third-order valence-corrected chi connectivity index (χ3v) is 5.56. The van der Waals surface area contributed by atoms with Crippen LogP contribution in [0.15, 0.2) is 54.6 Å². The van der Waals surface area contributed by atoms with Crippen molar-refractivity contribution in [1.82, 2.24) is 15.5 Å². The molecule has 1 unspecified atom stereocenters. The van der Waals surface area contributed by atoms with Crippen LogP contribution < -0.4 is 10.6 Å². The van der Waals surface area contributed by atoms with Gasteiger partial charge in [-0.15, -0.1) is 0 Å². The third-order valence-electron chi connectivity index (χ3n) is 5.56. The number of carbonyl (C=O) groups excluding carboxylic acids is 2. The fraction of sp³-hybridized carbons (Fsp3) is 0.217. The van der Waals surface area contributed by atoms with E-state index in [0.29, 0.717) is 0 Å². The van der Waals surface area contributed by atoms with Crippen molar-refractivity contribution in [1.29, 1.82) is 0 Å². The zero-order valence-corrected chi connectivity index (χ0v) is 17.9. The molecular formula is C23H19F3N4O5. The highest BCUT2D eigenvalue weighted by Gasteiger charge is 2.45. The fourth-order valence-corrected chi connectivity index (χ4v) is 3.87. The number of rotatable bonds is 7. The molecule has 0 saturated carbocycles. The molecule has 4 rings (SSSR count). The summed E-state index contributed by atoms with van der Waals surface area (Å²) in [7, 11) is 0. The monoisotopic (exact) mass is 488 g/mol. The zero-order chi connectivity index (χ0) is 25.2. The standard InChI is InChI=1S/C23H19F3N4O5/c24-23(25,26)17(21(32)33)10-27-20(31)18-9-19(30-29-18)28-22(34)35-11-16-14-7-3-1-5-12(14)13-6-2-4-8-15(13)16/h1-9,16-17H,10-11H2,(H,27,31)(H,32,33)(H2,28,29,30,34). The summed E-state index contributed by atoms with van der Waals surface area (Å²) in [6, 6.07) is 16.7. The summed E-state index contributed by atoms with van der Waals surface area (Å²) in [5.41, 5.74) is 3.91.